The first-order valence-electron chi connectivity index (χ1n) is 7.50. The van der Waals surface area contributed by atoms with Gasteiger partial charge in [-0.3, -0.25) is 0 Å². The molecule has 0 aliphatic carbocycles. The van der Waals surface area contributed by atoms with E-state index in [1.54, 1.807) is 12.4 Å². The van der Waals surface area contributed by atoms with Crippen LogP contribution in [0.5, 0.6) is 0 Å². The number of hydrogen-bond acceptors (Lipinski definition) is 5. The van der Waals surface area contributed by atoms with Crippen LogP contribution in [0.3, 0.4) is 0 Å². The predicted molar refractivity (Wildman–Crippen MR) is 89.2 cm³/mol. The molecule has 0 unspecified atom stereocenters. The van der Waals surface area contributed by atoms with Crippen molar-refractivity contribution in [2.24, 2.45) is 17.3 Å². The Balaban J connectivity index is 1.47. The Morgan fingerprint density at radius 3 is 2.65 bits per heavy atom. The molecule has 118 valence electrons. The van der Waals surface area contributed by atoms with E-state index in [0.717, 1.165) is 30.9 Å². The van der Waals surface area contributed by atoms with Crippen molar-refractivity contribution in [1.29, 1.82) is 0 Å². The van der Waals surface area contributed by atoms with Crippen molar-refractivity contribution in [3.63, 3.8) is 0 Å². The maximum atomic E-state index is 4.18. The van der Waals surface area contributed by atoms with Gasteiger partial charge < -0.3 is 14.5 Å². The van der Waals surface area contributed by atoms with Gasteiger partial charge in [0.25, 0.3) is 0 Å². The van der Waals surface area contributed by atoms with Crippen LogP contribution in [-0.2, 0) is 13.6 Å². The lowest BCUT2D eigenvalue weighted by molar-refractivity contribution is 0.661. The van der Waals surface area contributed by atoms with Gasteiger partial charge >= 0.3 is 0 Å². The van der Waals surface area contributed by atoms with Gasteiger partial charge in [-0.2, -0.15) is 0 Å². The summed E-state index contributed by atoms with van der Waals surface area (Å²) in [5.41, 5.74) is 1.88. The van der Waals surface area contributed by atoms with E-state index >= 15 is 0 Å². The number of azo groups is 1. The Morgan fingerprint density at radius 2 is 1.96 bits per heavy atom. The van der Waals surface area contributed by atoms with Crippen molar-refractivity contribution in [1.82, 2.24) is 19.1 Å². The molecule has 7 heteroatoms. The third kappa shape index (κ3) is 4.26. The van der Waals surface area contributed by atoms with E-state index in [1.165, 1.54) is 0 Å². The van der Waals surface area contributed by atoms with E-state index in [4.69, 9.17) is 0 Å². The quantitative estimate of drug-likeness (QED) is 0.536. The molecule has 1 N–H and O–H groups in total. The van der Waals surface area contributed by atoms with E-state index in [-0.39, 0.29) is 0 Å². The van der Waals surface area contributed by atoms with Crippen LogP contribution in [0.4, 0.5) is 17.3 Å². The fourth-order valence-electron chi connectivity index (χ4n) is 2.12. The van der Waals surface area contributed by atoms with Gasteiger partial charge in [0.2, 0.25) is 5.95 Å². The zero-order valence-electron chi connectivity index (χ0n) is 13.0. The van der Waals surface area contributed by atoms with Crippen molar-refractivity contribution in [2.45, 2.75) is 13.0 Å². The van der Waals surface area contributed by atoms with Crippen LogP contribution in [0.1, 0.15) is 6.42 Å². The molecule has 0 aliphatic heterocycles. The molecule has 0 bridgehead atoms. The zero-order valence-corrected chi connectivity index (χ0v) is 13.0. The summed E-state index contributed by atoms with van der Waals surface area (Å²) in [6, 6.07) is 7.88. The van der Waals surface area contributed by atoms with Crippen LogP contribution >= 0.6 is 0 Å². The molecule has 0 aliphatic rings. The number of nitrogens with one attached hydrogen (secondary N) is 1. The molecular weight excluding hydrogens is 290 g/mol. The second-order valence-corrected chi connectivity index (χ2v) is 5.17. The van der Waals surface area contributed by atoms with Crippen LogP contribution in [0.2, 0.25) is 0 Å². The van der Waals surface area contributed by atoms with Crippen LogP contribution in [0.15, 0.2) is 65.6 Å². The van der Waals surface area contributed by atoms with Gasteiger partial charge in [0, 0.05) is 50.6 Å². The molecule has 2 heterocycles. The molecule has 7 nitrogen and oxygen atoms in total. The Kier molecular flexibility index (Phi) is 4.78. The molecule has 0 saturated heterocycles. The molecule has 2 aromatic heterocycles. The Bertz CT molecular complexity index is 741. The molecule has 1 aromatic carbocycles. The summed E-state index contributed by atoms with van der Waals surface area (Å²) in [4.78, 5) is 8.13. The van der Waals surface area contributed by atoms with Crippen LogP contribution in [-0.4, -0.2) is 25.6 Å². The van der Waals surface area contributed by atoms with Crippen molar-refractivity contribution in [2.75, 3.05) is 11.9 Å². The lowest BCUT2D eigenvalue weighted by Gasteiger charge is -2.06. The molecule has 3 rings (SSSR count). The van der Waals surface area contributed by atoms with Crippen molar-refractivity contribution >= 4 is 17.3 Å². The fourth-order valence-corrected chi connectivity index (χ4v) is 2.12. The van der Waals surface area contributed by atoms with E-state index in [9.17, 15) is 0 Å². The summed E-state index contributed by atoms with van der Waals surface area (Å²) in [7, 11) is 1.89. The third-order valence-corrected chi connectivity index (χ3v) is 3.40. The molecule has 0 saturated carbocycles. The maximum absolute atomic E-state index is 4.18. The SMILES string of the molecule is Cn1ccnc1N=Nc1ccc(NCCCn2ccnc2)cc1. The summed E-state index contributed by atoms with van der Waals surface area (Å²) in [6.07, 6.45) is 10.2. The third-order valence-electron chi connectivity index (χ3n) is 3.40. The molecule has 0 radical (unpaired) electrons. The zero-order chi connectivity index (χ0) is 15.9. The monoisotopic (exact) mass is 309 g/mol. The highest BCUT2D eigenvalue weighted by Gasteiger charge is 1.97. The fraction of sp³-hybridized carbons (Fsp3) is 0.250. The number of imidazole rings is 2. The van der Waals surface area contributed by atoms with Gasteiger partial charge in [-0.05, 0) is 30.7 Å². The molecule has 0 spiro atoms. The van der Waals surface area contributed by atoms with Gasteiger partial charge in [0.05, 0.1) is 12.0 Å². The van der Waals surface area contributed by atoms with Crippen LogP contribution in [0, 0.1) is 0 Å². The second-order valence-electron chi connectivity index (χ2n) is 5.17. The highest BCUT2D eigenvalue weighted by molar-refractivity contribution is 5.50. The second kappa shape index (κ2) is 7.35. The standard InChI is InChI=1S/C16H19N7/c1-22-11-9-19-16(22)21-20-15-5-3-14(4-6-15)18-7-2-10-23-12-8-17-13-23/h3-6,8-9,11-13,18H,2,7,10H2,1H3. The largest absolute Gasteiger partial charge is 0.385 e. The number of nitrogens with zero attached hydrogens (tertiary/aromatic N) is 6. The summed E-state index contributed by atoms with van der Waals surface area (Å²) < 4.78 is 3.89. The molecule has 23 heavy (non-hydrogen) atoms. The predicted octanol–water partition coefficient (Wildman–Crippen LogP) is 3.53. The first-order valence-corrected chi connectivity index (χ1v) is 7.50. The summed E-state index contributed by atoms with van der Waals surface area (Å²) in [5.74, 6) is 0.590. The van der Waals surface area contributed by atoms with Gasteiger partial charge in [0.1, 0.15) is 0 Å². The number of anilines is 1. The molecule has 0 amide bonds. The molecule has 0 fully saturated rings. The minimum absolute atomic E-state index is 0.590. The topological polar surface area (TPSA) is 72.4 Å². The highest BCUT2D eigenvalue weighted by Crippen LogP contribution is 2.19. The average molecular weight is 309 g/mol. The Hall–Kier alpha value is -2.96. The Labute approximate surface area is 134 Å². The first kappa shape index (κ1) is 15.0. The van der Waals surface area contributed by atoms with Crippen LogP contribution < -0.4 is 5.32 Å². The van der Waals surface area contributed by atoms with Crippen molar-refractivity contribution in [3.05, 3.63) is 55.4 Å². The first-order chi connectivity index (χ1) is 11.3. The summed E-state index contributed by atoms with van der Waals surface area (Å²) in [5, 5.41) is 11.7. The molecular formula is C16H19N7. The molecule has 0 atom stereocenters. The number of hydrogen-bond donors (Lipinski definition) is 1. The smallest absolute Gasteiger partial charge is 0.249 e. The number of aromatic nitrogens is 4. The van der Waals surface area contributed by atoms with Crippen molar-refractivity contribution < 1.29 is 0 Å². The van der Waals surface area contributed by atoms with E-state index < -0.39 is 0 Å². The van der Waals surface area contributed by atoms with Gasteiger partial charge in [-0.1, -0.05) is 0 Å². The lowest BCUT2D eigenvalue weighted by Crippen LogP contribution is -2.05. The van der Waals surface area contributed by atoms with Gasteiger partial charge in [-0.25, -0.2) is 9.97 Å². The molecule has 3 aromatic rings. The number of aryl methyl sites for hydroxylation is 2. The average Bonchev–Trinajstić information content (AvgIpc) is 3.22. The summed E-state index contributed by atoms with van der Waals surface area (Å²) in [6.45, 7) is 1.87. The van der Waals surface area contributed by atoms with E-state index in [0.29, 0.717) is 5.95 Å². The van der Waals surface area contributed by atoms with Crippen LogP contribution in [0.25, 0.3) is 0 Å². The summed E-state index contributed by atoms with van der Waals surface area (Å²) >= 11 is 0. The van der Waals surface area contributed by atoms with E-state index in [1.807, 2.05) is 54.6 Å². The van der Waals surface area contributed by atoms with Crippen molar-refractivity contribution in [3.8, 4) is 0 Å². The van der Waals surface area contributed by atoms with E-state index in [2.05, 4.69) is 30.1 Å². The highest BCUT2D eigenvalue weighted by atomic mass is 15.2. The lowest BCUT2D eigenvalue weighted by atomic mass is 10.3. The number of benzene rings is 1. The maximum Gasteiger partial charge on any atom is 0.249 e. The van der Waals surface area contributed by atoms with Gasteiger partial charge in [-0.15, -0.1) is 10.2 Å². The normalized spacial score (nSPS) is 11.2. The number of rotatable bonds is 7. The Morgan fingerprint density at radius 1 is 1.09 bits per heavy atom. The minimum atomic E-state index is 0.590. The minimum Gasteiger partial charge on any atom is -0.385 e. The van der Waals surface area contributed by atoms with Gasteiger partial charge in [0.15, 0.2) is 0 Å².